The summed E-state index contributed by atoms with van der Waals surface area (Å²) in [5, 5.41) is 3.90. The fourth-order valence-corrected chi connectivity index (χ4v) is 4.69. The lowest BCUT2D eigenvalue weighted by molar-refractivity contribution is -0.137. The van der Waals surface area contributed by atoms with E-state index in [-0.39, 0.29) is 32.1 Å². The third-order valence-electron chi connectivity index (χ3n) is 7.10. The standard InChI is InChI=1S/C32H35F3N4O3/c1-3-23-7-6-8-27(19-23)37-31(41)39(17-18-42-2)22-30(40)38(21-24-11-13-26(14-12-24)32(33,34)35)16-15-25-20-36-29-10-5-4-9-28(25)29/h4-14,19-20,36H,3,15-18,21-22H2,1-2H3,(H,37,41). The van der Waals surface area contributed by atoms with Gasteiger partial charge in [-0.25, -0.2) is 4.79 Å². The number of alkyl halides is 3. The van der Waals surface area contributed by atoms with Crippen molar-refractivity contribution in [2.75, 3.05) is 38.7 Å². The van der Waals surface area contributed by atoms with E-state index in [9.17, 15) is 22.8 Å². The number of benzene rings is 3. The number of fused-ring (bicyclic) bond motifs is 1. The quantitative estimate of drug-likeness (QED) is 0.201. The Morgan fingerprint density at radius 3 is 2.40 bits per heavy atom. The van der Waals surface area contributed by atoms with Gasteiger partial charge in [0.05, 0.1) is 12.2 Å². The number of hydrogen-bond donors (Lipinski definition) is 2. The summed E-state index contributed by atoms with van der Waals surface area (Å²) in [5.41, 5.74) is 3.47. The molecule has 0 atom stereocenters. The maximum absolute atomic E-state index is 13.7. The number of anilines is 1. The van der Waals surface area contributed by atoms with Crippen molar-refractivity contribution in [2.45, 2.75) is 32.5 Å². The number of nitrogens with one attached hydrogen (secondary N) is 2. The number of para-hydroxylation sites is 1. The molecule has 222 valence electrons. The molecular weight excluding hydrogens is 545 g/mol. The average Bonchev–Trinajstić information content (AvgIpc) is 3.40. The molecule has 3 amide bonds. The van der Waals surface area contributed by atoms with Crippen LogP contribution in [0.1, 0.15) is 29.2 Å². The zero-order valence-corrected chi connectivity index (χ0v) is 23.7. The van der Waals surface area contributed by atoms with Crippen LogP contribution in [-0.2, 0) is 35.1 Å². The van der Waals surface area contributed by atoms with Gasteiger partial charge in [0.1, 0.15) is 6.54 Å². The van der Waals surface area contributed by atoms with E-state index in [0.29, 0.717) is 24.2 Å². The van der Waals surface area contributed by atoms with Gasteiger partial charge in [-0.15, -0.1) is 0 Å². The van der Waals surface area contributed by atoms with E-state index >= 15 is 0 Å². The number of nitrogens with zero attached hydrogens (tertiary/aromatic N) is 2. The zero-order chi connectivity index (χ0) is 30.1. The minimum Gasteiger partial charge on any atom is -0.383 e. The lowest BCUT2D eigenvalue weighted by atomic mass is 10.1. The molecule has 0 bridgehead atoms. The van der Waals surface area contributed by atoms with Gasteiger partial charge < -0.3 is 24.8 Å². The molecule has 0 aliphatic heterocycles. The Kier molecular flexibility index (Phi) is 10.2. The number of carbonyl (C=O) groups excluding carboxylic acids is 2. The summed E-state index contributed by atoms with van der Waals surface area (Å²) in [7, 11) is 1.51. The Balaban J connectivity index is 1.53. The number of methoxy groups -OCH3 is 1. The van der Waals surface area contributed by atoms with Crippen molar-refractivity contribution in [2.24, 2.45) is 0 Å². The van der Waals surface area contributed by atoms with Crippen LogP contribution < -0.4 is 5.32 Å². The average molecular weight is 581 g/mol. The Labute approximate surface area is 243 Å². The molecule has 0 unspecified atom stereocenters. The van der Waals surface area contributed by atoms with Crippen LogP contribution >= 0.6 is 0 Å². The second kappa shape index (κ2) is 14.0. The van der Waals surface area contributed by atoms with Gasteiger partial charge in [-0.3, -0.25) is 4.79 Å². The lowest BCUT2D eigenvalue weighted by Gasteiger charge is -2.28. The third-order valence-corrected chi connectivity index (χ3v) is 7.10. The maximum Gasteiger partial charge on any atom is 0.416 e. The monoisotopic (exact) mass is 580 g/mol. The highest BCUT2D eigenvalue weighted by molar-refractivity contribution is 5.92. The number of carbonyl (C=O) groups is 2. The SMILES string of the molecule is CCc1cccc(NC(=O)N(CCOC)CC(=O)N(CCc2c[nH]c3ccccc23)Cc2ccc(C(F)(F)F)cc2)c1. The molecule has 2 N–H and O–H groups in total. The maximum atomic E-state index is 13.7. The van der Waals surface area contributed by atoms with E-state index in [4.69, 9.17) is 4.74 Å². The predicted molar refractivity (Wildman–Crippen MR) is 157 cm³/mol. The molecule has 0 fully saturated rings. The summed E-state index contributed by atoms with van der Waals surface area (Å²) < 4.78 is 44.5. The smallest absolute Gasteiger partial charge is 0.383 e. The van der Waals surface area contributed by atoms with Crippen molar-refractivity contribution in [1.29, 1.82) is 0 Å². The Morgan fingerprint density at radius 2 is 1.69 bits per heavy atom. The summed E-state index contributed by atoms with van der Waals surface area (Å²) in [6.07, 6.45) is -1.22. The number of rotatable bonds is 12. The number of aromatic amines is 1. The van der Waals surface area contributed by atoms with Gasteiger partial charge in [0, 0.05) is 49.5 Å². The molecule has 0 saturated heterocycles. The van der Waals surface area contributed by atoms with E-state index in [2.05, 4.69) is 10.3 Å². The van der Waals surface area contributed by atoms with Gasteiger partial charge in [-0.1, -0.05) is 49.4 Å². The molecule has 7 nitrogen and oxygen atoms in total. The molecule has 0 radical (unpaired) electrons. The van der Waals surface area contributed by atoms with E-state index in [1.165, 1.54) is 24.1 Å². The van der Waals surface area contributed by atoms with Crippen LogP contribution in [0.15, 0.2) is 79.0 Å². The van der Waals surface area contributed by atoms with Gasteiger partial charge in [0.25, 0.3) is 0 Å². The van der Waals surface area contributed by atoms with Crippen molar-refractivity contribution >= 4 is 28.5 Å². The minimum absolute atomic E-state index is 0.0948. The number of amides is 3. The van der Waals surface area contributed by atoms with Crippen molar-refractivity contribution in [3.05, 3.63) is 101 Å². The highest BCUT2D eigenvalue weighted by Gasteiger charge is 2.30. The molecule has 1 aromatic heterocycles. The molecule has 0 saturated carbocycles. The number of urea groups is 1. The molecular formula is C32H35F3N4O3. The van der Waals surface area contributed by atoms with Gasteiger partial charge >= 0.3 is 12.2 Å². The molecule has 3 aromatic carbocycles. The second-order valence-electron chi connectivity index (χ2n) is 10.0. The molecule has 0 aliphatic rings. The molecule has 4 aromatic rings. The summed E-state index contributed by atoms with van der Waals surface area (Å²) in [4.78, 5) is 33.1. The number of aromatic nitrogens is 1. The lowest BCUT2D eigenvalue weighted by Crippen LogP contribution is -2.46. The zero-order valence-electron chi connectivity index (χ0n) is 23.7. The van der Waals surface area contributed by atoms with Crippen LogP contribution in [0.5, 0.6) is 0 Å². The number of ether oxygens (including phenoxy) is 1. The number of hydrogen-bond acceptors (Lipinski definition) is 3. The number of H-pyrrole nitrogens is 1. The normalized spacial score (nSPS) is 11.5. The highest BCUT2D eigenvalue weighted by atomic mass is 19.4. The largest absolute Gasteiger partial charge is 0.416 e. The Hall–Kier alpha value is -4.31. The van der Waals surface area contributed by atoms with Crippen molar-refractivity contribution in [3.63, 3.8) is 0 Å². The van der Waals surface area contributed by atoms with Gasteiger partial charge in [0.15, 0.2) is 0 Å². The van der Waals surface area contributed by atoms with Crippen LogP contribution in [0.4, 0.5) is 23.7 Å². The number of aryl methyl sites for hydroxylation is 1. The highest BCUT2D eigenvalue weighted by Crippen LogP contribution is 2.29. The van der Waals surface area contributed by atoms with Crippen LogP contribution in [0.3, 0.4) is 0 Å². The van der Waals surface area contributed by atoms with Crippen molar-refractivity contribution in [3.8, 4) is 0 Å². The van der Waals surface area contributed by atoms with Crippen LogP contribution in [0.25, 0.3) is 10.9 Å². The summed E-state index contributed by atoms with van der Waals surface area (Å²) >= 11 is 0. The van der Waals surface area contributed by atoms with Gasteiger partial charge in [0.2, 0.25) is 5.91 Å². The first-order valence-electron chi connectivity index (χ1n) is 13.8. The summed E-state index contributed by atoms with van der Waals surface area (Å²) in [5.74, 6) is -0.330. The first-order valence-corrected chi connectivity index (χ1v) is 13.8. The second-order valence-corrected chi connectivity index (χ2v) is 10.0. The summed E-state index contributed by atoms with van der Waals surface area (Å²) in [6.45, 7) is 2.60. The summed E-state index contributed by atoms with van der Waals surface area (Å²) in [6, 6.07) is 19.7. The van der Waals surface area contributed by atoms with E-state index in [0.717, 1.165) is 40.6 Å². The molecule has 0 spiro atoms. The Morgan fingerprint density at radius 1 is 0.929 bits per heavy atom. The fourth-order valence-electron chi connectivity index (χ4n) is 4.69. The minimum atomic E-state index is -4.45. The van der Waals surface area contributed by atoms with Crippen molar-refractivity contribution < 1.29 is 27.5 Å². The van der Waals surface area contributed by atoms with Crippen LogP contribution in [-0.4, -0.2) is 60.1 Å². The third kappa shape index (κ3) is 8.13. The van der Waals surface area contributed by atoms with E-state index in [1.807, 2.05) is 55.6 Å². The van der Waals surface area contributed by atoms with E-state index < -0.39 is 17.8 Å². The molecule has 42 heavy (non-hydrogen) atoms. The topological polar surface area (TPSA) is 77.7 Å². The van der Waals surface area contributed by atoms with Gasteiger partial charge in [-0.05, 0) is 59.9 Å². The molecule has 10 heteroatoms. The molecule has 4 rings (SSSR count). The first-order chi connectivity index (χ1) is 20.2. The fraction of sp³-hybridized carbons (Fsp3) is 0.312. The van der Waals surface area contributed by atoms with Gasteiger partial charge in [-0.2, -0.15) is 13.2 Å². The molecule has 0 aliphatic carbocycles. The van der Waals surface area contributed by atoms with E-state index in [1.54, 1.807) is 11.0 Å². The first kappa shape index (κ1) is 30.6. The molecule has 1 heterocycles. The number of halogens is 3. The van der Waals surface area contributed by atoms with Crippen LogP contribution in [0.2, 0.25) is 0 Å². The Bertz CT molecular complexity index is 1480. The van der Waals surface area contributed by atoms with Crippen molar-refractivity contribution in [1.82, 2.24) is 14.8 Å². The predicted octanol–water partition coefficient (Wildman–Crippen LogP) is 6.50. The van der Waals surface area contributed by atoms with Crippen LogP contribution in [0, 0.1) is 0 Å².